The summed E-state index contributed by atoms with van der Waals surface area (Å²) < 4.78 is 11.9. The van der Waals surface area contributed by atoms with Crippen LogP contribution in [0.1, 0.15) is 32.8 Å². The molecule has 0 bridgehead atoms. The van der Waals surface area contributed by atoms with E-state index in [-0.39, 0.29) is 5.60 Å². The van der Waals surface area contributed by atoms with E-state index < -0.39 is 0 Å². The fourth-order valence-electron chi connectivity index (χ4n) is 2.30. The van der Waals surface area contributed by atoms with E-state index in [2.05, 4.69) is 32.2 Å². The van der Waals surface area contributed by atoms with Crippen LogP contribution in [0.3, 0.4) is 0 Å². The molecule has 0 saturated carbocycles. The van der Waals surface area contributed by atoms with E-state index in [9.17, 15) is 0 Å². The van der Waals surface area contributed by atoms with Gasteiger partial charge < -0.3 is 14.8 Å². The maximum absolute atomic E-state index is 5.98. The molecule has 100 valence electrons. The van der Waals surface area contributed by atoms with Gasteiger partial charge in [-0.25, -0.2) is 0 Å². The zero-order valence-electron chi connectivity index (χ0n) is 11.7. The molecule has 0 saturated heterocycles. The first kappa shape index (κ1) is 13.2. The second kappa shape index (κ2) is 5.19. The minimum absolute atomic E-state index is 0.116. The molecule has 1 N–H and O–H groups in total. The van der Waals surface area contributed by atoms with Crippen LogP contribution in [-0.4, -0.2) is 25.3 Å². The Morgan fingerprint density at radius 2 is 2.22 bits per heavy atom. The van der Waals surface area contributed by atoms with Gasteiger partial charge in [0, 0.05) is 18.0 Å². The quantitative estimate of drug-likeness (QED) is 0.870. The summed E-state index contributed by atoms with van der Waals surface area (Å²) in [5.41, 5.74) is 1.13. The lowest BCUT2D eigenvalue weighted by Crippen LogP contribution is -2.31. The third kappa shape index (κ3) is 2.78. The fraction of sp³-hybridized carbons (Fsp3) is 0.600. The molecule has 0 radical (unpaired) electrons. The van der Waals surface area contributed by atoms with Gasteiger partial charge in [-0.05, 0) is 33.4 Å². The lowest BCUT2D eigenvalue weighted by molar-refractivity contribution is 0.131. The first-order valence-electron chi connectivity index (χ1n) is 6.66. The molecular weight excluding hydrogens is 226 g/mol. The van der Waals surface area contributed by atoms with Crippen molar-refractivity contribution in [3.05, 3.63) is 23.8 Å². The van der Waals surface area contributed by atoms with Crippen LogP contribution in [0.2, 0.25) is 0 Å². The fourth-order valence-corrected chi connectivity index (χ4v) is 2.30. The number of benzene rings is 1. The average molecular weight is 249 g/mol. The topological polar surface area (TPSA) is 30.5 Å². The SMILES string of the molecule is CCC(COc1cccc2c1OC(C)(C)C2)NC. The first-order valence-corrected chi connectivity index (χ1v) is 6.66. The number of likely N-dealkylation sites (N-methyl/N-ethyl adjacent to an activating group) is 1. The Morgan fingerprint density at radius 3 is 2.89 bits per heavy atom. The molecule has 3 heteroatoms. The van der Waals surface area contributed by atoms with Crippen LogP contribution in [0.4, 0.5) is 0 Å². The highest BCUT2D eigenvalue weighted by Gasteiger charge is 2.32. The Labute approximate surface area is 109 Å². The Balaban J connectivity index is 2.10. The van der Waals surface area contributed by atoms with E-state index in [1.807, 2.05) is 19.2 Å². The zero-order valence-corrected chi connectivity index (χ0v) is 11.7. The summed E-state index contributed by atoms with van der Waals surface area (Å²) in [6, 6.07) is 6.53. The Kier molecular flexibility index (Phi) is 3.81. The first-order chi connectivity index (χ1) is 8.55. The van der Waals surface area contributed by atoms with Crippen LogP contribution in [0.5, 0.6) is 11.5 Å². The van der Waals surface area contributed by atoms with Crippen molar-refractivity contribution in [2.24, 2.45) is 0 Å². The van der Waals surface area contributed by atoms with E-state index in [0.717, 1.165) is 24.3 Å². The monoisotopic (exact) mass is 249 g/mol. The van der Waals surface area contributed by atoms with E-state index in [1.165, 1.54) is 5.56 Å². The Morgan fingerprint density at radius 1 is 1.44 bits per heavy atom. The molecule has 1 heterocycles. The lowest BCUT2D eigenvalue weighted by atomic mass is 10.0. The molecule has 0 spiro atoms. The summed E-state index contributed by atoms with van der Waals surface area (Å²) in [6.07, 6.45) is 2.00. The minimum Gasteiger partial charge on any atom is -0.488 e. The number of nitrogens with one attached hydrogen (secondary N) is 1. The molecule has 2 rings (SSSR count). The van der Waals surface area contributed by atoms with Gasteiger partial charge in [0.15, 0.2) is 11.5 Å². The van der Waals surface area contributed by atoms with Gasteiger partial charge in [0.05, 0.1) is 0 Å². The molecule has 1 unspecified atom stereocenters. The van der Waals surface area contributed by atoms with Crippen molar-refractivity contribution < 1.29 is 9.47 Å². The van der Waals surface area contributed by atoms with Crippen molar-refractivity contribution >= 4 is 0 Å². The predicted molar refractivity (Wildman–Crippen MR) is 73.5 cm³/mol. The largest absolute Gasteiger partial charge is 0.488 e. The molecule has 3 nitrogen and oxygen atoms in total. The second-order valence-corrected chi connectivity index (χ2v) is 5.49. The standard InChI is InChI=1S/C15H23NO2/c1-5-12(16-4)10-17-13-8-6-7-11-9-15(2,3)18-14(11)13/h6-8,12,16H,5,9-10H2,1-4H3. The molecule has 0 amide bonds. The van der Waals surface area contributed by atoms with Gasteiger partial charge in [0.25, 0.3) is 0 Å². The highest BCUT2D eigenvalue weighted by atomic mass is 16.5. The molecule has 0 aromatic heterocycles. The molecule has 1 aliphatic rings. The van der Waals surface area contributed by atoms with Gasteiger partial charge >= 0.3 is 0 Å². The van der Waals surface area contributed by atoms with Gasteiger partial charge in [0.1, 0.15) is 12.2 Å². The van der Waals surface area contributed by atoms with Gasteiger partial charge in [-0.3, -0.25) is 0 Å². The zero-order chi connectivity index (χ0) is 13.2. The van der Waals surface area contributed by atoms with Crippen molar-refractivity contribution in [1.82, 2.24) is 5.32 Å². The van der Waals surface area contributed by atoms with Crippen LogP contribution in [-0.2, 0) is 6.42 Å². The number of para-hydroxylation sites is 1. The summed E-state index contributed by atoms with van der Waals surface area (Å²) in [5.74, 6) is 1.79. The summed E-state index contributed by atoms with van der Waals surface area (Å²) in [5, 5.41) is 3.24. The van der Waals surface area contributed by atoms with Crippen molar-refractivity contribution in [2.75, 3.05) is 13.7 Å². The van der Waals surface area contributed by atoms with Gasteiger partial charge in [-0.15, -0.1) is 0 Å². The van der Waals surface area contributed by atoms with Crippen molar-refractivity contribution in [2.45, 2.75) is 45.3 Å². The minimum atomic E-state index is -0.116. The van der Waals surface area contributed by atoms with Crippen LogP contribution in [0, 0.1) is 0 Å². The van der Waals surface area contributed by atoms with E-state index in [1.54, 1.807) is 0 Å². The number of hydrogen-bond acceptors (Lipinski definition) is 3. The van der Waals surface area contributed by atoms with E-state index in [0.29, 0.717) is 12.6 Å². The van der Waals surface area contributed by atoms with Crippen molar-refractivity contribution in [3.63, 3.8) is 0 Å². The molecule has 1 aromatic carbocycles. The number of rotatable bonds is 5. The number of fused-ring (bicyclic) bond motifs is 1. The predicted octanol–water partition coefficient (Wildman–Crippen LogP) is 2.78. The van der Waals surface area contributed by atoms with Gasteiger partial charge in [-0.1, -0.05) is 19.1 Å². The van der Waals surface area contributed by atoms with E-state index >= 15 is 0 Å². The van der Waals surface area contributed by atoms with Crippen LogP contribution in [0.25, 0.3) is 0 Å². The Bertz CT molecular complexity index is 411. The smallest absolute Gasteiger partial charge is 0.165 e. The third-order valence-corrected chi connectivity index (χ3v) is 3.40. The summed E-state index contributed by atoms with van der Waals surface area (Å²) in [7, 11) is 1.96. The number of ether oxygens (including phenoxy) is 2. The summed E-state index contributed by atoms with van der Waals surface area (Å²) >= 11 is 0. The van der Waals surface area contributed by atoms with Crippen LogP contribution < -0.4 is 14.8 Å². The van der Waals surface area contributed by atoms with Crippen molar-refractivity contribution in [1.29, 1.82) is 0 Å². The van der Waals surface area contributed by atoms with Crippen LogP contribution >= 0.6 is 0 Å². The molecular formula is C15H23NO2. The third-order valence-electron chi connectivity index (χ3n) is 3.40. The maximum atomic E-state index is 5.98. The number of hydrogen-bond donors (Lipinski definition) is 1. The highest BCUT2D eigenvalue weighted by molar-refractivity contribution is 5.50. The second-order valence-electron chi connectivity index (χ2n) is 5.49. The summed E-state index contributed by atoms with van der Waals surface area (Å²) in [6.45, 7) is 7.05. The molecule has 1 aliphatic heterocycles. The molecule has 0 aliphatic carbocycles. The average Bonchev–Trinajstić information content (AvgIpc) is 2.65. The Hall–Kier alpha value is -1.22. The molecule has 0 fully saturated rings. The molecule has 18 heavy (non-hydrogen) atoms. The van der Waals surface area contributed by atoms with Gasteiger partial charge in [-0.2, -0.15) is 0 Å². The molecule has 1 aromatic rings. The maximum Gasteiger partial charge on any atom is 0.165 e. The van der Waals surface area contributed by atoms with Gasteiger partial charge in [0.2, 0.25) is 0 Å². The van der Waals surface area contributed by atoms with Crippen LogP contribution in [0.15, 0.2) is 18.2 Å². The molecule has 1 atom stereocenters. The van der Waals surface area contributed by atoms with E-state index in [4.69, 9.17) is 9.47 Å². The lowest BCUT2D eigenvalue weighted by Gasteiger charge is -2.19. The highest BCUT2D eigenvalue weighted by Crippen LogP contribution is 2.41. The normalized spacial score (nSPS) is 18.0. The summed E-state index contributed by atoms with van der Waals surface area (Å²) in [4.78, 5) is 0. The van der Waals surface area contributed by atoms with Crippen molar-refractivity contribution in [3.8, 4) is 11.5 Å².